The van der Waals surface area contributed by atoms with Gasteiger partial charge in [0.15, 0.2) is 0 Å². The topological polar surface area (TPSA) is 0 Å². The van der Waals surface area contributed by atoms with E-state index in [1.807, 2.05) is 0 Å². The molecule has 0 aromatic rings. The van der Waals surface area contributed by atoms with Crippen LogP contribution >= 0.6 is 0 Å². The van der Waals surface area contributed by atoms with Gasteiger partial charge in [-0.25, -0.2) is 0 Å². The van der Waals surface area contributed by atoms with Crippen LogP contribution in [0.25, 0.3) is 0 Å². The van der Waals surface area contributed by atoms with Crippen molar-refractivity contribution in [3.05, 3.63) is 30.2 Å². The molecule has 0 N–H and O–H groups in total. The standard InChI is InChI=1S/C8H11/c1-7-5-3-4-6-8(7)2/h3-7H,1-2H3/q+1/t7-/m1/s1. The summed E-state index contributed by atoms with van der Waals surface area (Å²) < 4.78 is 0. The molecule has 0 aliphatic heterocycles. The molecule has 0 spiro atoms. The second-order valence-electron chi connectivity index (χ2n) is 2.28. The fraction of sp³-hybridized carbons (Fsp3) is 0.375. The second-order valence-corrected chi connectivity index (χ2v) is 2.28. The lowest BCUT2D eigenvalue weighted by Crippen LogP contribution is -1.94. The molecule has 8 heavy (non-hydrogen) atoms. The lowest BCUT2D eigenvalue weighted by molar-refractivity contribution is 0.851. The van der Waals surface area contributed by atoms with Gasteiger partial charge in [0.1, 0.15) is 0 Å². The minimum atomic E-state index is 0.653. The monoisotopic (exact) mass is 107 g/mol. The molecule has 0 radical (unpaired) electrons. The fourth-order valence-corrected chi connectivity index (χ4v) is 0.742. The molecule has 0 saturated heterocycles. The highest BCUT2D eigenvalue weighted by molar-refractivity contribution is 5.24. The van der Waals surface area contributed by atoms with E-state index in [1.54, 1.807) is 0 Å². The molecule has 0 bridgehead atoms. The van der Waals surface area contributed by atoms with Crippen LogP contribution in [0.15, 0.2) is 23.8 Å². The molecule has 0 unspecified atom stereocenters. The third kappa shape index (κ3) is 0.945. The Bertz CT molecular complexity index is 129. The van der Waals surface area contributed by atoms with Crippen LogP contribution in [-0.4, -0.2) is 0 Å². The van der Waals surface area contributed by atoms with E-state index < -0.39 is 0 Å². The number of allylic oxidation sites excluding steroid dienone is 4. The molecule has 1 aliphatic rings. The zero-order chi connectivity index (χ0) is 5.98. The number of hydrogen-bond donors (Lipinski definition) is 0. The van der Waals surface area contributed by atoms with E-state index >= 15 is 0 Å². The van der Waals surface area contributed by atoms with Gasteiger partial charge in [-0.3, -0.25) is 0 Å². The summed E-state index contributed by atoms with van der Waals surface area (Å²) in [5.41, 5.74) is 1.45. The van der Waals surface area contributed by atoms with Crippen LogP contribution in [0.3, 0.4) is 0 Å². The van der Waals surface area contributed by atoms with Crippen molar-refractivity contribution in [3.63, 3.8) is 0 Å². The summed E-state index contributed by atoms with van der Waals surface area (Å²) >= 11 is 0. The van der Waals surface area contributed by atoms with Crippen molar-refractivity contribution in [2.45, 2.75) is 13.8 Å². The molecule has 1 rings (SSSR count). The van der Waals surface area contributed by atoms with Crippen molar-refractivity contribution in [2.75, 3.05) is 0 Å². The second kappa shape index (κ2) is 2.08. The van der Waals surface area contributed by atoms with E-state index in [9.17, 15) is 0 Å². The van der Waals surface area contributed by atoms with Gasteiger partial charge in [-0.1, -0.05) is 0 Å². The van der Waals surface area contributed by atoms with E-state index in [0.29, 0.717) is 5.92 Å². The molecule has 1 atom stereocenters. The lowest BCUT2D eigenvalue weighted by Gasteiger charge is -2.00. The normalized spacial score (nSPS) is 26.8. The van der Waals surface area contributed by atoms with Gasteiger partial charge in [0, 0.05) is 37.1 Å². The maximum atomic E-state index is 2.20. The molecule has 0 aromatic carbocycles. The summed E-state index contributed by atoms with van der Waals surface area (Å²) in [6.07, 6.45) is 8.53. The van der Waals surface area contributed by atoms with Crippen LogP contribution in [0.1, 0.15) is 13.8 Å². The Morgan fingerprint density at radius 1 is 1.62 bits per heavy atom. The number of rotatable bonds is 0. The smallest absolute Gasteiger partial charge is 0.0314 e. The van der Waals surface area contributed by atoms with Gasteiger partial charge >= 0.3 is 0 Å². The lowest BCUT2D eigenvalue weighted by atomic mass is 9.97. The number of hydrogen-bond acceptors (Lipinski definition) is 0. The quantitative estimate of drug-likeness (QED) is 0.417. The van der Waals surface area contributed by atoms with E-state index in [1.165, 1.54) is 5.57 Å². The summed E-state index contributed by atoms with van der Waals surface area (Å²) in [4.78, 5) is 0. The molecule has 0 heterocycles. The van der Waals surface area contributed by atoms with Crippen molar-refractivity contribution >= 4 is 0 Å². The highest BCUT2D eigenvalue weighted by Gasteiger charge is 2.09. The fourth-order valence-electron chi connectivity index (χ4n) is 0.742. The molecule has 0 fully saturated rings. The predicted octanol–water partition coefficient (Wildman–Crippen LogP) is 2.34. The first kappa shape index (κ1) is 5.49. The first-order valence-electron chi connectivity index (χ1n) is 2.99. The van der Waals surface area contributed by atoms with Crippen LogP contribution in [0, 0.1) is 12.3 Å². The van der Waals surface area contributed by atoms with Gasteiger partial charge in [-0.05, 0) is 6.92 Å². The molecule has 1 aliphatic carbocycles. The van der Waals surface area contributed by atoms with Crippen LogP contribution in [0.5, 0.6) is 0 Å². The Morgan fingerprint density at radius 3 is 2.75 bits per heavy atom. The molecule has 0 nitrogen and oxygen atoms in total. The molecule has 0 aromatic heterocycles. The van der Waals surface area contributed by atoms with Crippen molar-refractivity contribution in [2.24, 2.45) is 5.92 Å². The largest absolute Gasteiger partial charge is 0.0824 e. The van der Waals surface area contributed by atoms with Crippen molar-refractivity contribution in [1.82, 2.24) is 0 Å². The summed E-state index contributed by atoms with van der Waals surface area (Å²) in [5, 5.41) is 0. The summed E-state index contributed by atoms with van der Waals surface area (Å²) in [5.74, 6) is 0.653. The first-order valence-corrected chi connectivity index (χ1v) is 2.99. The highest BCUT2D eigenvalue weighted by Crippen LogP contribution is 2.15. The third-order valence-electron chi connectivity index (χ3n) is 1.59. The Kier molecular flexibility index (Phi) is 1.43. The Hall–Kier alpha value is -0.650. The third-order valence-corrected chi connectivity index (χ3v) is 1.59. The van der Waals surface area contributed by atoms with E-state index in [-0.39, 0.29) is 0 Å². The van der Waals surface area contributed by atoms with Crippen LogP contribution in [0.2, 0.25) is 0 Å². The highest BCUT2D eigenvalue weighted by atomic mass is 14.1. The SMILES string of the molecule is CC1=C[CH+]C=C[C@H]1C. The molecule has 0 amide bonds. The minimum absolute atomic E-state index is 0.653. The van der Waals surface area contributed by atoms with Crippen LogP contribution < -0.4 is 0 Å². The molecular weight excluding hydrogens is 96.1 g/mol. The van der Waals surface area contributed by atoms with Crippen LogP contribution in [-0.2, 0) is 0 Å². The maximum absolute atomic E-state index is 2.20. The predicted molar refractivity (Wildman–Crippen MR) is 36.4 cm³/mol. The Labute approximate surface area is 50.9 Å². The Morgan fingerprint density at radius 2 is 2.38 bits per heavy atom. The summed E-state index contributed by atoms with van der Waals surface area (Å²) in [6, 6.07) is 0. The van der Waals surface area contributed by atoms with Gasteiger partial charge in [0.2, 0.25) is 0 Å². The van der Waals surface area contributed by atoms with E-state index in [2.05, 4.69) is 38.5 Å². The maximum Gasteiger partial charge on any atom is 0.0824 e. The Balaban J connectivity index is 2.63. The minimum Gasteiger partial charge on any atom is -0.0314 e. The van der Waals surface area contributed by atoms with Gasteiger partial charge in [-0.15, -0.1) is 0 Å². The molecule has 0 heteroatoms. The summed E-state index contributed by atoms with van der Waals surface area (Å²) in [7, 11) is 0. The van der Waals surface area contributed by atoms with Gasteiger partial charge < -0.3 is 0 Å². The van der Waals surface area contributed by atoms with Crippen molar-refractivity contribution < 1.29 is 0 Å². The molecule has 42 valence electrons. The zero-order valence-corrected chi connectivity index (χ0v) is 5.39. The van der Waals surface area contributed by atoms with Crippen molar-refractivity contribution in [3.8, 4) is 0 Å². The molecule has 0 saturated carbocycles. The van der Waals surface area contributed by atoms with Crippen LogP contribution in [0.4, 0.5) is 0 Å². The van der Waals surface area contributed by atoms with E-state index in [4.69, 9.17) is 0 Å². The average Bonchev–Trinajstić information content (AvgIpc) is 1.77. The van der Waals surface area contributed by atoms with Gasteiger partial charge in [0.25, 0.3) is 0 Å². The van der Waals surface area contributed by atoms with Gasteiger partial charge in [-0.2, -0.15) is 0 Å². The van der Waals surface area contributed by atoms with Crippen molar-refractivity contribution in [1.29, 1.82) is 0 Å². The zero-order valence-electron chi connectivity index (χ0n) is 5.39. The molecular formula is C8H11+. The first-order chi connectivity index (χ1) is 3.80. The van der Waals surface area contributed by atoms with Gasteiger partial charge in [0.05, 0.1) is 5.92 Å². The average molecular weight is 107 g/mol. The van der Waals surface area contributed by atoms with E-state index in [0.717, 1.165) is 0 Å². The summed E-state index contributed by atoms with van der Waals surface area (Å²) in [6.45, 7) is 4.36.